The van der Waals surface area contributed by atoms with Crippen molar-refractivity contribution in [2.45, 2.75) is 31.7 Å². The monoisotopic (exact) mass is 341 g/mol. The number of nitrogens with zero attached hydrogens (tertiary/aromatic N) is 3. The summed E-state index contributed by atoms with van der Waals surface area (Å²) in [5.41, 5.74) is 1.16. The van der Waals surface area contributed by atoms with Gasteiger partial charge in [-0.25, -0.2) is 23.7 Å². The molecule has 2 bridgehead atoms. The van der Waals surface area contributed by atoms with Gasteiger partial charge in [0.2, 0.25) is 0 Å². The Bertz CT molecular complexity index is 954. The first kappa shape index (κ1) is 14.7. The molecule has 2 fully saturated rings. The summed E-state index contributed by atoms with van der Waals surface area (Å²) in [7, 11) is 0. The van der Waals surface area contributed by atoms with Gasteiger partial charge in [0.05, 0.1) is 12.4 Å². The van der Waals surface area contributed by atoms with Crippen molar-refractivity contribution in [3.05, 3.63) is 36.3 Å². The zero-order valence-electron chi connectivity index (χ0n) is 13.5. The van der Waals surface area contributed by atoms with E-state index in [0.29, 0.717) is 28.3 Å². The van der Waals surface area contributed by atoms with E-state index in [1.807, 2.05) is 0 Å². The van der Waals surface area contributed by atoms with Crippen LogP contribution in [0.2, 0.25) is 0 Å². The molecule has 3 atom stereocenters. The van der Waals surface area contributed by atoms with E-state index in [9.17, 15) is 8.78 Å². The zero-order chi connectivity index (χ0) is 17.0. The zero-order valence-corrected chi connectivity index (χ0v) is 13.5. The van der Waals surface area contributed by atoms with Crippen molar-refractivity contribution >= 4 is 16.9 Å². The van der Waals surface area contributed by atoms with Crippen LogP contribution in [0.3, 0.4) is 0 Å². The average Bonchev–Trinajstić information content (AvgIpc) is 3.31. The lowest BCUT2D eigenvalue weighted by atomic mass is 9.95. The van der Waals surface area contributed by atoms with E-state index < -0.39 is 11.6 Å². The van der Waals surface area contributed by atoms with Gasteiger partial charge >= 0.3 is 0 Å². The topological polar surface area (TPSA) is 66.5 Å². The first-order valence-electron chi connectivity index (χ1n) is 8.59. The Labute approximate surface area is 142 Å². The molecule has 0 aromatic carbocycles. The van der Waals surface area contributed by atoms with Crippen molar-refractivity contribution in [3.63, 3.8) is 0 Å². The summed E-state index contributed by atoms with van der Waals surface area (Å²) >= 11 is 0. The minimum atomic E-state index is -0.462. The molecular formula is C18H17F2N5. The second-order valence-corrected chi connectivity index (χ2v) is 7.07. The molecule has 3 aromatic heterocycles. The Morgan fingerprint density at radius 2 is 2.04 bits per heavy atom. The summed E-state index contributed by atoms with van der Waals surface area (Å²) in [4.78, 5) is 15.4. The molecule has 2 aliphatic rings. The predicted octanol–water partition coefficient (Wildman–Crippen LogP) is 3.90. The molecule has 128 valence electrons. The van der Waals surface area contributed by atoms with Crippen LogP contribution >= 0.6 is 0 Å². The van der Waals surface area contributed by atoms with Gasteiger partial charge in [-0.05, 0) is 37.2 Å². The number of pyridine rings is 1. The predicted molar refractivity (Wildman–Crippen MR) is 89.9 cm³/mol. The van der Waals surface area contributed by atoms with Crippen molar-refractivity contribution < 1.29 is 8.78 Å². The minimum Gasteiger partial charge on any atom is -0.364 e. The lowest BCUT2D eigenvalue weighted by Gasteiger charge is -2.23. The molecule has 3 aromatic rings. The van der Waals surface area contributed by atoms with Gasteiger partial charge in [-0.3, -0.25) is 0 Å². The number of H-pyrrole nitrogens is 1. The number of aromatic amines is 1. The molecule has 3 unspecified atom stereocenters. The number of hydrogen-bond donors (Lipinski definition) is 2. The SMILES string of the molecule is Fc1cnc2[nH]cc(-c3ncc(F)c(NC4CC5CCC4C5)n3)c2c1. The third kappa shape index (κ3) is 2.45. The lowest BCUT2D eigenvalue weighted by molar-refractivity contribution is 0.436. The van der Waals surface area contributed by atoms with Crippen molar-refractivity contribution in [3.8, 4) is 11.4 Å². The van der Waals surface area contributed by atoms with Gasteiger partial charge in [0.25, 0.3) is 0 Å². The molecule has 0 spiro atoms. The molecule has 2 N–H and O–H groups in total. The van der Waals surface area contributed by atoms with E-state index in [0.717, 1.165) is 18.5 Å². The molecule has 0 amide bonds. The van der Waals surface area contributed by atoms with Crippen LogP contribution in [0.4, 0.5) is 14.6 Å². The number of rotatable bonds is 3. The Balaban J connectivity index is 1.51. The molecule has 5 nitrogen and oxygen atoms in total. The highest BCUT2D eigenvalue weighted by atomic mass is 19.1. The first-order valence-corrected chi connectivity index (χ1v) is 8.59. The Kier molecular flexibility index (Phi) is 3.23. The second-order valence-electron chi connectivity index (χ2n) is 7.07. The first-order chi connectivity index (χ1) is 12.2. The molecular weight excluding hydrogens is 324 g/mol. The van der Waals surface area contributed by atoms with Crippen LogP contribution in [0.5, 0.6) is 0 Å². The van der Waals surface area contributed by atoms with Crippen molar-refractivity contribution in [1.82, 2.24) is 19.9 Å². The highest BCUT2D eigenvalue weighted by Gasteiger charge is 2.39. The molecule has 25 heavy (non-hydrogen) atoms. The average molecular weight is 341 g/mol. The third-order valence-corrected chi connectivity index (χ3v) is 5.54. The molecule has 0 saturated heterocycles. The third-order valence-electron chi connectivity index (χ3n) is 5.54. The van der Waals surface area contributed by atoms with Crippen LogP contribution in [0, 0.1) is 23.5 Å². The van der Waals surface area contributed by atoms with Gasteiger partial charge in [-0.15, -0.1) is 0 Å². The van der Waals surface area contributed by atoms with Gasteiger partial charge in [0.15, 0.2) is 17.5 Å². The van der Waals surface area contributed by atoms with Crippen molar-refractivity contribution in [1.29, 1.82) is 0 Å². The van der Waals surface area contributed by atoms with Crippen molar-refractivity contribution in [2.75, 3.05) is 5.32 Å². The Morgan fingerprint density at radius 1 is 1.12 bits per heavy atom. The highest BCUT2D eigenvalue weighted by Crippen LogP contribution is 2.45. The van der Waals surface area contributed by atoms with Gasteiger partial charge in [-0.2, -0.15) is 0 Å². The summed E-state index contributed by atoms with van der Waals surface area (Å²) in [5.74, 6) is 1.04. The number of halogens is 2. The smallest absolute Gasteiger partial charge is 0.183 e. The molecule has 3 heterocycles. The molecule has 0 aliphatic heterocycles. The normalized spacial score (nSPS) is 25.0. The largest absolute Gasteiger partial charge is 0.364 e. The standard InChI is InChI=1S/C18H17F2N5/c19-11-5-12-13(7-22-16(12)21-6-11)17-23-8-14(20)18(25-17)24-15-4-9-1-2-10(15)3-9/h5-10,15H,1-4H2,(H,21,22)(H,23,24,25). The number of fused-ring (bicyclic) bond motifs is 3. The Hall–Kier alpha value is -2.57. The molecule has 2 aliphatic carbocycles. The summed E-state index contributed by atoms with van der Waals surface area (Å²) in [6.45, 7) is 0. The fourth-order valence-electron chi connectivity index (χ4n) is 4.36. The summed E-state index contributed by atoms with van der Waals surface area (Å²) < 4.78 is 27.7. The number of hydrogen-bond acceptors (Lipinski definition) is 4. The maximum absolute atomic E-state index is 14.2. The number of anilines is 1. The molecule has 7 heteroatoms. The maximum atomic E-state index is 14.2. The summed E-state index contributed by atoms with van der Waals surface area (Å²) in [6, 6.07) is 1.65. The quantitative estimate of drug-likeness (QED) is 0.758. The number of aromatic nitrogens is 4. The van der Waals surface area contributed by atoms with Crippen LogP contribution in [0.15, 0.2) is 24.7 Å². The highest BCUT2D eigenvalue weighted by molar-refractivity contribution is 5.91. The van der Waals surface area contributed by atoms with Crippen LogP contribution in [0.25, 0.3) is 22.4 Å². The van der Waals surface area contributed by atoms with Gasteiger partial charge in [0.1, 0.15) is 11.5 Å². The fraction of sp³-hybridized carbons (Fsp3) is 0.389. The Morgan fingerprint density at radius 3 is 2.84 bits per heavy atom. The van der Waals surface area contributed by atoms with E-state index in [-0.39, 0.29) is 11.9 Å². The second kappa shape index (κ2) is 5.47. The van der Waals surface area contributed by atoms with Crippen LogP contribution < -0.4 is 5.32 Å². The fourth-order valence-corrected chi connectivity index (χ4v) is 4.36. The van der Waals surface area contributed by atoms with Gasteiger partial charge in [0, 0.05) is 23.2 Å². The maximum Gasteiger partial charge on any atom is 0.183 e. The lowest BCUT2D eigenvalue weighted by Crippen LogP contribution is -2.27. The van der Waals surface area contributed by atoms with Gasteiger partial charge < -0.3 is 10.3 Å². The van der Waals surface area contributed by atoms with E-state index in [2.05, 4.69) is 25.3 Å². The van der Waals surface area contributed by atoms with Crippen LogP contribution in [-0.2, 0) is 0 Å². The number of nitrogens with one attached hydrogen (secondary N) is 2. The van der Waals surface area contributed by atoms with E-state index in [1.165, 1.54) is 31.5 Å². The van der Waals surface area contributed by atoms with Gasteiger partial charge in [-0.1, -0.05) is 6.42 Å². The summed E-state index contributed by atoms with van der Waals surface area (Å²) in [6.07, 6.45) is 8.78. The molecule has 0 radical (unpaired) electrons. The van der Waals surface area contributed by atoms with E-state index >= 15 is 0 Å². The molecule has 5 rings (SSSR count). The van der Waals surface area contributed by atoms with E-state index in [4.69, 9.17) is 0 Å². The van der Waals surface area contributed by atoms with E-state index in [1.54, 1.807) is 6.20 Å². The minimum absolute atomic E-state index is 0.223. The van der Waals surface area contributed by atoms with Crippen LogP contribution in [0.1, 0.15) is 25.7 Å². The summed E-state index contributed by atoms with van der Waals surface area (Å²) in [5, 5.41) is 3.86. The van der Waals surface area contributed by atoms with Crippen molar-refractivity contribution in [2.24, 2.45) is 11.8 Å². The molecule has 2 saturated carbocycles. The van der Waals surface area contributed by atoms with Crippen LogP contribution in [-0.4, -0.2) is 26.0 Å².